The highest BCUT2D eigenvalue weighted by Crippen LogP contribution is 2.42. The SMILES string of the molecule is COc1ccc2ncc(C)c(C(O)CCC3(CC(=O)O)CCN(CCOc4cc(F)c(F)c(F)c4)CC3)c2c1. The Morgan fingerprint density at radius 2 is 1.82 bits per heavy atom. The van der Waals surface area contributed by atoms with Gasteiger partial charge in [-0.05, 0) is 80.4 Å². The highest BCUT2D eigenvalue weighted by atomic mass is 19.2. The number of aliphatic hydroxyl groups excluding tert-OH is 1. The van der Waals surface area contributed by atoms with E-state index in [1.165, 1.54) is 0 Å². The van der Waals surface area contributed by atoms with Crippen LogP contribution in [-0.2, 0) is 4.79 Å². The molecule has 1 aliphatic rings. The Bertz CT molecular complexity index is 1300. The smallest absolute Gasteiger partial charge is 0.303 e. The summed E-state index contributed by atoms with van der Waals surface area (Å²) in [4.78, 5) is 18.3. The van der Waals surface area contributed by atoms with Crippen molar-refractivity contribution in [3.05, 3.63) is 65.1 Å². The van der Waals surface area contributed by atoms with Gasteiger partial charge in [-0.3, -0.25) is 14.7 Å². The second-order valence-electron chi connectivity index (χ2n) is 10.3. The van der Waals surface area contributed by atoms with Gasteiger partial charge in [0.2, 0.25) is 0 Å². The monoisotopic (exact) mass is 546 g/mol. The third-order valence-corrected chi connectivity index (χ3v) is 7.67. The largest absolute Gasteiger partial charge is 0.497 e. The summed E-state index contributed by atoms with van der Waals surface area (Å²) in [5, 5.41) is 21.7. The molecule has 0 saturated carbocycles. The number of benzene rings is 2. The van der Waals surface area contributed by atoms with Crippen molar-refractivity contribution < 1.29 is 37.7 Å². The van der Waals surface area contributed by atoms with Gasteiger partial charge in [0.15, 0.2) is 17.5 Å². The molecule has 4 rings (SSSR count). The molecule has 0 aliphatic carbocycles. The number of aromatic nitrogens is 1. The summed E-state index contributed by atoms with van der Waals surface area (Å²) < 4.78 is 50.7. The molecule has 0 amide bonds. The number of fused-ring (bicyclic) bond motifs is 1. The Kier molecular flexibility index (Phi) is 8.97. The molecule has 2 N–H and O–H groups in total. The number of piperidine rings is 1. The number of aliphatic hydroxyl groups is 1. The Morgan fingerprint density at radius 3 is 2.46 bits per heavy atom. The molecular weight excluding hydrogens is 513 g/mol. The van der Waals surface area contributed by atoms with Crippen molar-refractivity contribution in [2.45, 2.75) is 45.1 Å². The number of hydrogen-bond acceptors (Lipinski definition) is 6. The van der Waals surface area contributed by atoms with E-state index in [0.717, 1.165) is 34.2 Å². The molecule has 0 bridgehead atoms. The summed E-state index contributed by atoms with van der Waals surface area (Å²) in [5.74, 6) is -4.46. The van der Waals surface area contributed by atoms with Crippen LogP contribution < -0.4 is 9.47 Å². The lowest BCUT2D eigenvalue weighted by Crippen LogP contribution is -2.42. The van der Waals surface area contributed by atoms with Crippen LogP contribution in [0.3, 0.4) is 0 Å². The molecule has 1 saturated heterocycles. The van der Waals surface area contributed by atoms with Gasteiger partial charge < -0.3 is 19.7 Å². The predicted octanol–water partition coefficient (Wildman–Crippen LogP) is 5.42. The Labute approximate surface area is 225 Å². The minimum atomic E-state index is -1.54. The number of nitrogens with zero attached hydrogens (tertiary/aromatic N) is 2. The number of pyridine rings is 1. The fraction of sp³-hybridized carbons (Fsp3) is 0.448. The maximum Gasteiger partial charge on any atom is 0.303 e. The highest BCUT2D eigenvalue weighted by molar-refractivity contribution is 5.84. The van der Waals surface area contributed by atoms with Crippen LogP contribution in [0.1, 0.15) is 49.3 Å². The van der Waals surface area contributed by atoms with Crippen molar-refractivity contribution in [2.24, 2.45) is 5.41 Å². The molecule has 0 spiro atoms. The predicted molar refractivity (Wildman–Crippen MR) is 139 cm³/mol. The topological polar surface area (TPSA) is 92.1 Å². The average molecular weight is 547 g/mol. The average Bonchev–Trinajstić information content (AvgIpc) is 2.90. The quantitative estimate of drug-likeness (QED) is 0.311. The first kappa shape index (κ1) is 28.6. The van der Waals surface area contributed by atoms with Gasteiger partial charge in [0.25, 0.3) is 0 Å². The van der Waals surface area contributed by atoms with E-state index in [-0.39, 0.29) is 18.8 Å². The van der Waals surface area contributed by atoms with Gasteiger partial charge in [-0.25, -0.2) is 13.2 Å². The van der Waals surface area contributed by atoms with Crippen LogP contribution in [0.4, 0.5) is 13.2 Å². The summed E-state index contributed by atoms with van der Waals surface area (Å²) in [6.07, 6.45) is 3.11. The van der Waals surface area contributed by atoms with Crippen LogP contribution in [0.2, 0.25) is 0 Å². The first-order chi connectivity index (χ1) is 18.6. The molecule has 1 aliphatic heterocycles. The molecule has 210 valence electrons. The fourth-order valence-electron chi connectivity index (χ4n) is 5.44. The molecule has 1 unspecified atom stereocenters. The number of rotatable bonds is 11. The summed E-state index contributed by atoms with van der Waals surface area (Å²) in [7, 11) is 1.58. The van der Waals surface area contributed by atoms with Gasteiger partial charge in [0.05, 0.1) is 25.2 Å². The Hall–Kier alpha value is -3.37. The zero-order chi connectivity index (χ0) is 28.2. The van der Waals surface area contributed by atoms with Crippen molar-refractivity contribution in [1.29, 1.82) is 0 Å². The minimum absolute atomic E-state index is 0.00207. The Balaban J connectivity index is 1.38. The molecule has 10 heteroatoms. The van der Waals surface area contributed by atoms with E-state index in [2.05, 4.69) is 9.88 Å². The van der Waals surface area contributed by atoms with Gasteiger partial charge in [-0.1, -0.05) is 0 Å². The molecular formula is C29H33F3N2O5. The molecule has 1 aromatic heterocycles. The lowest BCUT2D eigenvalue weighted by Gasteiger charge is -2.41. The number of hydrogen-bond donors (Lipinski definition) is 2. The molecule has 2 aromatic carbocycles. The van der Waals surface area contributed by atoms with E-state index in [1.54, 1.807) is 13.3 Å². The number of carboxylic acids is 1. The van der Waals surface area contributed by atoms with E-state index >= 15 is 0 Å². The second-order valence-corrected chi connectivity index (χ2v) is 10.3. The summed E-state index contributed by atoms with van der Waals surface area (Å²) in [6.45, 7) is 3.75. The maximum absolute atomic E-state index is 13.4. The fourth-order valence-corrected chi connectivity index (χ4v) is 5.44. The summed E-state index contributed by atoms with van der Waals surface area (Å²) in [5.41, 5.74) is 1.90. The van der Waals surface area contributed by atoms with Crippen LogP contribution in [0.25, 0.3) is 10.9 Å². The number of likely N-dealkylation sites (tertiary alicyclic amines) is 1. The van der Waals surface area contributed by atoms with Gasteiger partial charge in [0.1, 0.15) is 18.1 Å². The standard InChI is InChI=1S/C29H33F3N2O5/c1-18-17-33-24-4-3-19(38-2)13-21(24)27(18)25(35)5-6-29(16-26(36)37)7-9-34(10-8-29)11-12-39-20-14-22(30)28(32)23(31)15-20/h3-4,13-15,17,25,35H,5-12,16H2,1-2H3,(H,36,37). The second kappa shape index (κ2) is 12.2. The third kappa shape index (κ3) is 6.80. The van der Waals surface area contributed by atoms with Gasteiger partial charge >= 0.3 is 5.97 Å². The van der Waals surface area contributed by atoms with E-state index in [1.807, 2.05) is 25.1 Å². The number of carboxylic acid groups (broad SMARTS) is 1. The van der Waals surface area contributed by atoms with Crippen LogP contribution in [0.5, 0.6) is 11.5 Å². The van der Waals surface area contributed by atoms with E-state index in [0.29, 0.717) is 51.1 Å². The molecule has 1 fully saturated rings. The summed E-state index contributed by atoms with van der Waals surface area (Å²) in [6, 6.07) is 7.13. The lowest BCUT2D eigenvalue weighted by atomic mass is 9.71. The van der Waals surface area contributed by atoms with Gasteiger partial charge in [-0.2, -0.15) is 0 Å². The van der Waals surface area contributed by atoms with Gasteiger partial charge in [-0.15, -0.1) is 0 Å². The number of halogens is 3. The highest BCUT2D eigenvalue weighted by Gasteiger charge is 2.37. The number of ether oxygens (including phenoxy) is 2. The number of carbonyl (C=O) groups is 1. The number of aryl methyl sites for hydroxylation is 1. The van der Waals surface area contributed by atoms with Crippen molar-refractivity contribution in [2.75, 3.05) is 33.4 Å². The lowest BCUT2D eigenvalue weighted by molar-refractivity contribution is -0.141. The van der Waals surface area contributed by atoms with Crippen molar-refractivity contribution >= 4 is 16.9 Å². The first-order valence-corrected chi connectivity index (χ1v) is 12.9. The third-order valence-electron chi connectivity index (χ3n) is 7.67. The molecule has 2 heterocycles. The Morgan fingerprint density at radius 1 is 1.13 bits per heavy atom. The minimum Gasteiger partial charge on any atom is -0.497 e. The van der Waals surface area contributed by atoms with E-state index in [4.69, 9.17) is 9.47 Å². The van der Waals surface area contributed by atoms with Crippen LogP contribution >= 0.6 is 0 Å². The first-order valence-electron chi connectivity index (χ1n) is 12.9. The van der Waals surface area contributed by atoms with E-state index < -0.39 is 34.9 Å². The van der Waals surface area contributed by atoms with Crippen molar-refractivity contribution in [3.63, 3.8) is 0 Å². The van der Waals surface area contributed by atoms with Crippen LogP contribution in [-0.4, -0.2) is 59.4 Å². The van der Waals surface area contributed by atoms with Crippen LogP contribution in [0.15, 0.2) is 36.5 Å². The van der Waals surface area contributed by atoms with Crippen molar-refractivity contribution in [3.8, 4) is 11.5 Å². The maximum atomic E-state index is 13.4. The summed E-state index contributed by atoms with van der Waals surface area (Å²) >= 11 is 0. The van der Waals surface area contributed by atoms with Gasteiger partial charge in [0, 0.05) is 30.3 Å². The van der Waals surface area contributed by atoms with E-state index in [9.17, 15) is 28.2 Å². The number of methoxy groups -OCH3 is 1. The van der Waals surface area contributed by atoms with Crippen LogP contribution in [0, 0.1) is 29.8 Å². The molecule has 0 radical (unpaired) electrons. The van der Waals surface area contributed by atoms with Crippen molar-refractivity contribution in [1.82, 2.24) is 9.88 Å². The zero-order valence-corrected chi connectivity index (χ0v) is 22.1. The normalized spacial score (nSPS) is 16.3. The zero-order valence-electron chi connectivity index (χ0n) is 22.1. The number of aliphatic carboxylic acids is 1. The molecule has 7 nitrogen and oxygen atoms in total. The molecule has 39 heavy (non-hydrogen) atoms. The molecule has 1 atom stereocenters. The molecule has 3 aromatic rings.